The molecule has 2 N–H and O–H groups in total. The van der Waals surface area contributed by atoms with E-state index in [-0.39, 0.29) is 28.1 Å². The summed E-state index contributed by atoms with van der Waals surface area (Å²) in [6, 6.07) is 10.7. The molecule has 0 saturated heterocycles. The number of nitrogens with one attached hydrogen (secondary N) is 2. The van der Waals surface area contributed by atoms with Gasteiger partial charge in [-0.3, -0.25) is 20.6 Å². The highest BCUT2D eigenvalue weighted by Crippen LogP contribution is 2.11. The van der Waals surface area contributed by atoms with Crippen LogP contribution in [0.5, 0.6) is 0 Å². The van der Waals surface area contributed by atoms with Crippen LogP contribution in [0.15, 0.2) is 41.4 Å². The highest BCUT2D eigenvalue weighted by molar-refractivity contribution is 6.02. The molecule has 1 amide bonds. The van der Waals surface area contributed by atoms with E-state index in [0.29, 0.717) is 0 Å². The number of aliphatic imine (C=N–C) groups is 1. The van der Waals surface area contributed by atoms with Crippen LogP contribution in [0, 0.1) is 34.3 Å². The van der Waals surface area contributed by atoms with Crippen LogP contribution in [0.4, 0.5) is 8.78 Å². The Morgan fingerprint density at radius 3 is 1.92 bits per heavy atom. The Kier molecular flexibility index (Phi) is 5.39. The molecule has 0 aromatic heterocycles. The van der Waals surface area contributed by atoms with Crippen molar-refractivity contribution in [3.63, 3.8) is 0 Å². The summed E-state index contributed by atoms with van der Waals surface area (Å²) in [6.45, 7) is 0. The molecule has 0 aliphatic rings. The van der Waals surface area contributed by atoms with Gasteiger partial charge in [-0.05, 0) is 36.4 Å². The van der Waals surface area contributed by atoms with Gasteiger partial charge in [-0.2, -0.15) is 10.5 Å². The Morgan fingerprint density at radius 1 is 0.960 bits per heavy atom. The van der Waals surface area contributed by atoms with Crippen LogP contribution in [0.25, 0.3) is 0 Å². The van der Waals surface area contributed by atoms with Crippen molar-refractivity contribution in [1.29, 1.82) is 10.5 Å². The minimum Gasteiger partial charge on any atom is -0.281 e. The first-order chi connectivity index (χ1) is 12.0. The highest BCUT2D eigenvalue weighted by atomic mass is 19.1. The van der Waals surface area contributed by atoms with Gasteiger partial charge in [0.1, 0.15) is 17.5 Å². The predicted octanol–water partition coefficient (Wildman–Crippen LogP) is 2.02. The van der Waals surface area contributed by atoms with E-state index in [2.05, 4.69) is 15.8 Å². The van der Waals surface area contributed by atoms with E-state index in [1.165, 1.54) is 25.2 Å². The zero-order chi connectivity index (χ0) is 18.4. The molecule has 0 saturated carbocycles. The Hall–Kier alpha value is -3.78. The number of hydrazine groups is 1. The number of amides is 1. The molecule has 2 rings (SSSR count). The summed E-state index contributed by atoms with van der Waals surface area (Å²) in [5.74, 6) is -2.40. The lowest BCUT2D eigenvalue weighted by Gasteiger charge is -2.12. The Labute approximate surface area is 142 Å². The fourth-order valence-corrected chi connectivity index (χ4v) is 1.97. The van der Waals surface area contributed by atoms with Crippen molar-refractivity contribution in [2.45, 2.75) is 0 Å². The first-order valence-corrected chi connectivity index (χ1v) is 6.93. The summed E-state index contributed by atoms with van der Waals surface area (Å²) in [6.07, 6.45) is 0. The summed E-state index contributed by atoms with van der Waals surface area (Å²) in [7, 11) is 1.37. The molecule has 124 valence electrons. The maximum atomic E-state index is 14.0. The summed E-state index contributed by atoms with van der Waals surface area (Å²) in [5, 5.41) is 17.4. The standard InChI is InChI=1S/C17H11F2N5O/c1-22-16(12-4-2-10(8-20)6-14(12)18)23-24-17(25)13-5-3-11(9-21)7-15(13)19/h2-7H,1H3,(H,22,23)(H,24,25). The third-order valence-corrected chi connectivity index (χ3v) is 3.21. The number of halogens is 2. The lowest BCUT2D eigenvalue weighted by atomic mass is 10.1. The monoisotopic (exact) mass is 339 g/mol. The third kappa shape index (κ3) is 3.95. The molecule has 0 unspecified atom stereocenters. The van der Waals surface area contributed by atoms with E-state index in [4.69, 9.17) is 10.5 Å². The van der Waals surface area contributed by atoms with E-state index in [1.807, 2.05) is 0 Å². The van der Waals surface area contributed by atoms with Gasteiger partial charge in [0.15, 0.2) is 0 Å². The number of amidine groups is 1. The minimum absolute atomic E-state index is 0.00982. The average molecular weight is 339 g/mol. The van der Waals surface area contributed by atoms with Crippen LogP contribution >= 0.6 is 0 Å². The van der Waals surface area contributed by atoms with E-state index in [9.17, 15) is 13.6 Å². The Balaban J connectivity index is 2.15. The molecule has 0 bridgehead atoms. The van der Waals surface area contributed by atoms with Crippen LogP contribution in [0.2, 0.25) is 0 Å². The Bertz CT molecular complexity index is 941. The maximum Gasteiger partial charge on any atom is 0.272 e. The van der Waals surface area contributed by atoms with Crippen molar-refractivity contribution in [1.82, 2.24) is 10.9 Å². The first kappa shape index (κ1) is 17.6. The predicted molar refractivity (Wildman–Crippen MR) is 85.3 cm³/mol. The second-order valence-corrected chi connectivity index (χ2v) is 4.76. The van der Waals surface area contributed by atoms with Gasteiger partial charge in [0.25, 0.3) is 5.91 Å². The number of carbonyl (C=O) groups is 1. The van der Waals surface area contributed by atoms with Gasteiger partial charge >= 0.3 is 0 Å². The van der Waals surface area contributed by atoms with Crippen LogP contribution in [-0.2, 0) is 0 Å². The number of benzene rings is 2. The van der Waals surface area contributed by atoms with E-state index in [1.54, 1.807) is 12.1 Å². The van der Waals surface area contributed by atoms with Crippen LogP contribution in [-0.4, -0.2) is 18.8 Å². The quantitative estimate of drug-likeness (QED) is 0.496. The van der Waals surface area contributed by atoms with Gasteiger partial charge in [0.05, 0.1) is 34.4 Å². The summed E-state index contributed by atoms with van der Waals surface area (Å²) in [5.41, 5.74) is 4.58. The maximum absolute atomic E-state index is 14.0. The molecule has 0 aliphatic heterocycles. The topological polar surface area (TPSA) is 101 Å². The number of hydrogen-bond donors (Lipinski definition) is 2. The van der Waals surface area contributed by atoms with Crippen LogP contribution < -0.4 is 10.9 Å². The van der Waals surface area contributed by atoms with Crippen LogP contribution in [0.3, 0.4) is 0 Å². The lowest BCUT2D eigenvalue weighted by molar-refractivity contribution is 0.0940. The SMILES string of the molecule is CN=C(NNC(=O)c1ccc(C#N)cc1F)c1ccc(C#N)cc1F. The van der Waals surface area contributed by atoms with Crippen molar-refractivity contribution >= 4 is 11.7 Å². The number of nitrogens with zero attached hydrogens (tertiary/aromatic N) is 3. The third-order valence-electron chi connectivity index (χ3n) is 3.21. The molecule has 25 heavy (non-hydrogen) atoms. The van der Waals surface area contributed by atoms with E-state index >= 15 is 0 Å². The van der Waals surface area contributed by atoms with Gasteiger partial charge in [-0.25, -0.2) is 8.78 Å². The molecule has 2 aromatic carbocycles. The van der Waals surface area contributed by atoms with Crippen molar-refractivity contribution in [2.24, 2.45) is 4.99 Å². The number of carbonyl (C=O) groups excluding carboxylic acids is 1. The molecule has 2 aromatic rings. The van der Waals surface area contributed by atoms with Crippen molar-refractivity contribution in [3.8, 4) is 12.1 Å². The van der Waals surface area contributed by atoms with Crippen molar-refractivity contribution in [2.75, 3.05) is 7.05 Å². The molecule has 0 radical (unpaired) electrons. The Morgan fingerprint density at radius 2 is 1.48 bits per heavy atom. The van der Waals surface area contributed by atoms with Crippen molar-refractivity contribution in [3.05, 3.63) is 70.3 Å². The normalized spacial score (nSPS) is 10.5. The fraction of sp³-hybridized carbons (Fsp3) is 0.0588. The molecular weight excluding hydrogens is 328 g/mol. The summed E-state index contributed by atoms with van der Waals surface area (Å²) in [4.78, 5) is 15.8. The molecule has 6 nitrogen and oxygen atoms in total. The van der Waals surface area contributed by atoms with Crippen LogP contribution in [0.1, 0.15) is 27.0 Å². The molecule has 0 atom stereocenters. The smallest absolute Gasteiger partial charge is 0.272 e. The number of rotatable bonds is 2. The van der Waals surface area contributed by atoms with Gasteiger partial charge in [0.2, 0.25) is 0 Å². The van der Waals surface area contributed by atoms with E-state index < -0.39 is 17.5 Å². The zero-order valence-electron chi connectivity index (χ0n) is 13.0. The molecule has 0 heterocycles. The molecule has 0 fully saturated rings. The minimum atomic E-state index is -0.863. The first-order valence-electron chi connectivity index (χ1n) is 6.93. The second kappa shape index (κ2) is 7.66. The second-order valence-electron chi connectivity index (χ2n) is 4.76. The average Bonchev–Trinajstić information content (AvgIpc) is 2.62. The molecule has 8 heteroatoms. The summed E-state index contributed by atoms with van der Waals surface area (Å²) < 4.78 is 27.8. The number of hydrogen-bond acceptors (Lipinski definition) is 4. The molecule has 0 aliphatic carbocycles. The van der Waals surface area contributed by atoms with Crippen molar-refractivity contribution < 1.29 is 13.6 Å². The fourth-order valence-electron chi connectivity index (χ4n) is 1.97. The van der Waals surface area contributed by atoms with Gasteiger partial charge in [-0.1, -0.05) is 0 Å². The lowest BCUT2D eigenvalue weighted by Crippen LogP contribution is -2.42. The molecular formula is C17H11F2N5O. The zero-order valence-corrected chi connectivity index (χ0v) is 13.0. The molecule has 0 spiro atoms. The highest BCUT2D eigenvalue weighted by Gasteiger charge is 2.15. The number of nitriles is 2. The summed E-state index contributed by atoms with van der Waals surface area (Å²) >= 11 is 0. The van der Waals surface area contributed by atoms with Gasteiger partial charge in [-0.15, -0.1) is 0 Å². The van der Waals surface area contributed by atoms with Gasteiger partial charge < -0.3 is 0 Å². The van der Waals surface area contributed by atoms with Gasteiger partial charge in [0, 0.05) is 7.05 Å². The van der Waals surface area contributed by atoms with E-state index in [0.717, 1.165) is 18.2 Å². The largest absolute Gasteiger partial charge is 0.281 e.